The first-order valence-corrected chi connectivity index (χ1v) is 9.11. The predicted octanol–water partition coefficient (Wildman–Crippen LogP) is 6.38. The second kappa shape index (κ2) is 5.88. The third-order valence-corrected chi connectivity index (χ3v) is 5.58. The Bertz CT molecular complexity index is 884. The van der Waals surface area contributed by atoms with Crippen molar-refractivity contribution in [2.24, 2.45) is 0 Å². The number of rotatable bonds is 2. The number of hydrogen-bond acceptors (Lipinski definition) is 1. The zero-order valence-corrected chi connectivity index (χ0v) is 15.3. The molecule has 0 aliphatic heterocycles. The van der Waals surface area contributed by atoms with E-state index < -0.39 is 0 Å². The summed E-state index contributed by atoms with van der Waals surface area (Å²) in [6.45, 7) is 2.03. The Labute approximate surface area is 149 Å². The molecule has 0 bridgehead atoms. The van der Waals surface area contributed by atoms with Gasteiger partial charge in [-0.25, -0.2) is 0 Å². The van der Waals surface area contributed by atoms with Gasteiger partial charge in [0.1, 0.15) is 0 Å². The molecule has 2 N–H and O–H groups in total. The van der Waals surface area contributed by atoms with Crippen LogP contribution >= 0.6 is 27.5 Å². The van der Waals surface area contributed by atoms with E-state index in [0.29, 0.717) is 6.04 Å². The summed E-state index contributed by atoms with van der Waals surface area (Å²) < 4.78 is 1.13. The predicted molar refractivity (Wildman–Crippen MR) is 101 cm³/mol. The van der Waals surface area contributed by atoms with E-state index in [1.54, 1.807) is 0 Å². The standard InChI is InChI=1S/C19H18BrClN2/c1-11-5-7-13(10-16(11)21)22-18-4-2-3-14-15-9-12(20)6-8-17(15)23-19(14)18/h5-10,18,22-23H,2-4H2,1H3. The van der Waals surface area contributed by atoms with Crippen molar-refractivity contribution in [2.45, 2.75) is 32.2 Å². The van der Waals surface area contributed by atoms with Gasteiger partial charge in [-0.2, -0.15) is 0 Å². The Morgan fingerprint density at radius 2 is 2.09 bits per heavy atom. The molecule has 4 heteroatoms. The van der Waals surface area contributed by atoms with Crippen LogP contribution < -0.4 is 5.32 Å². The number of benzene rings is 2. The summed E-state index contributed by atoms with van der Waals surface area (Å²) in [5.41, 5.74) is 6.17. The molecule has 0 fully saturated rings. The quantitative estimate of drug-likeness (QED) is 0.523. The van der Waals surface area contributed by atoms with Crippen LogP contribution in [0.1, 0.15) is 35.7 Å². The van der Waals surface area contributed by atoms with Gasteiger partial charge in [-0.1, -0.05) is 33.6 Å². The van der Waals surface area contributed by atoms with E-state index >= 15 is 0 Å². The highest BCUT2D eigenvalue weighted by Gasteiger charge is 2.24. The van der Waals surface area contributed by atoms with E-state index in [0.717, 1.165) is 33.6 Å². The Morgan fingerprint density at radius 3 is 2.91 bits per heavy atom. The fourth-order valence-electron chi connectivity index (χ4n) is 3.46. The molecule has 118 valence electrons. The van der Waals surface area contributed by atoms with Crippen LogP contribution in [0.3, 0.4) is 0 Å². The summed E-state index contributed by atoms with van der Waals surface area (Å²) in [6, 6.07) is 13.0. The SMILES string of the molecule is Cc1ccc(NC2CCCc3c2[nH]c2ccc(Br)cc32)cc1Cl. The first-order valence-electron chi connectivity index (χ1n) is 7.94. The Morgan fingerprint density at radius 1 is 1.22 bits per heavy atom. The van der Waals surface area contributed by atoms with Gasteiger partial charge < -0.3 is 10.3 Å². The molecule has 1 unspecified atom stereocenters. The van der Waals surface area contributed by atoms with Crippen molar-refractivity contribution in [1.82, 2.24) is 4.98 Å². The lowest BCUT2D eigenvalue weighted by atomic mass is 9.91. The number of hydrogen-bond donors (Lipinski definition) is 2. The fourth-order valence-corrected chi connectivity index (χ4v) is 4.00. The third-order valence-electron chi connectivity index (χ3n) is 4.68. The number of aromatic nitrogens is 1. The van der Waals surface area contributed by atoms with Crippen molar-refractivity contribution in [3.8, 4) is 0 Å². The monoisotopic (exact) mass is 388 g/mol. The molecule has 0 saturated heterocycles. The van der Waals surface area contributed by atoms with Gasteiger partial charge >= 0.3 is 0 Å². The summed E-state index contributed by atoms with van der Waals surface area (Å²) in [7, 11) is 0. The number of H-pyrrole nitrogens is 1. The van der Waals surface area contributed by atoms with E-state index in [1.807, 2.05) is 13.0 Å². The lowest BCUT2D eigenvalue weighted by Gasteiger charge is -2.25. The van der Waals surface area contributed by atoms with Crippen molar-refractivity contribution < 1.29 is 0 Å². The molecule has 0 saturated carbocycles. The number of fused-ring (bicyclic) bond motifs is 3. The van der Waals surface area contributed by atoms with Crippen LogP contribution in [0.15, 0.2) is 40.9 Å². The van der Waals surface area contributed by atoms with Crippen molar-refractivity contribution in [1.29, 1.82) is 0 Å². The highest BCUT2D eigenvalue weighted by molar-refractivity contribution is 9.10. The molecular formula is C19H18BrClN2. The first kappa shape index (κ1) is 15.1. The molecule has 1 aliphatic rings. The van der Waals surface area contributed by atoms with Gasteiger partial charge in [-0.3, -0.25) is 0 Å². The van der Waals surface area contributed by atoms with Crippen LogP contribution in [0.25, 0.3) is 10.9 Å². The molecule has 1 atom stereocenters. The van der Waals surface area contributed by atoms with Crippen LogP contribution in [-0.2, 0) is 6.42 Å². The number of aryl methyl sites for hydroxylation is 2. The first-order chi connectivity index (χ1) is 11.1. The lowest BCUT2D eigenvalue weighted by Crippen LogP contribution is -2.17. The van der Waals surface area contributed by atoms with E-state index in [4.69, 9.17) is 11.6 Å². The molecule has 0 amide bonds. The number of nitrogens with one attached hydrogen (secondary N) is 2. The van der Waals surface area contributed by atoms with Gasteiger partial charge in [0.25, 0.3) is 0 Å². The summed E-state index contributed by atoms with van der Waals surface area (Å²) in [6.07, 6.45) is 3.47. The second-order valence-electron chi connectivity index (χ2n) is 6.26. The van der Waals surface area contributed by atoms with Crippen molar-refractivity contribution >= 4 is 44.1 Å². The number of anilines is 1. The number of aromatic amines is 1. The van der Waals surface area contributed by atoms with E-state index in [1.165, 1.54) is 28.6 Å². The maximum atomic E-state index is 6.26. The molecule has 2 nitrogen and oxygen atoms in total. The average Bonchev–Trinajstić information content (AvgIpc) is 2.90. The van der Waals surface area contributed by atoms with Gasteiger partial charge in [0.05, 0.1) is 6.04 Å². The number of halogens is 2. The smallest absolute Gasteiger partial charge is 0.0666 e. The second-order valence-corrected chi connectivity index (χ2v) is 7.58. The minimum Gasteiger partial charge on any atom is -0.377 e. The van der Waals surface area contributed by atoms with E-state index in [-0.39, 0.29) is 0 Å². The molecule has 3 aromatic rings. The highest BCUT2D eigenvalue weighted by Crippen LogP contribution is 2.37. The van der Waals surface area contributed by atoms with Crippen LogP contribution in [0, 0.1) is 6.92 Å². The van der Waals surface area contributed by atoms with Gasteiger partial charge in [0, 0.05) is 31.8 Å². The van der Waals surface area contributed by atoms with Crippen molar-refractivity contribution in [3.05, 3.63) is 62.7 Å². The molecule has 1 aromatic heterocycles. The molecule has 1 heterocycles. The van der Waals surface area contributed by atoms with Crippen LogP contribution in [-0.4, -0.2) is 4.98 Å². The minimum absolute atomic E-state index is 0.309. The zero-order valence-electron chi connectivity index (χ0n) is 12.9. The average molecular weight is 390 g/mol. The third kappa shape index (κ3) is 2.77. The molecule has 23 heavy (non-hydrogen) atoms. The largest absolute Gasteiger partial charge is 0.377 e. The minimum atomic E-state index is 0.309. The molecular weight excluding hydrogens is 372 g/mol. The normalized spacial score (nSPS) is 17.3. The Kier molecular flexibility index (Phi) is 3.86. The molecule has 2 aromatic carbocycles. The molecule has 0 radical (unpaired) electrons. The molecule has 4 rings (SSSR count). The Balaban J connectivity index is 1.72. The maximum Gasteiger partial charge on any atom is 0.0666 e. The Hall–Kier alpha value is -1.45. The topological polar surface area (TPSA) is 27.8 Å². The maximum absolute atomic E-state index is 6.26. The van der Waals surface area contributed by atoms with E-state index in [2.05, 4.69) is 56.6 Å². The van der Waals surface area contributed by atoms with Crippen molar-refractivity contribution in [2.75, 3.05) is 5.32 Å². The van der Waals surface area contributed by atoms with E-state index in [9.17, 15) is 0 Å². The summed E-state index contributed by atoms with van der Waals surface area (Å²) in [5.74, 6) is 0. The highest BCUT2D eigenvalue weighted by atomic mass is 79.9. The van der Waals surface area contributed by atoms with Gasteiger partial charge in [-0.05, 0) is 67.6 Å². The van der Waals surface area contributed by atoms with Crippen LogP contribution in [0.4, 0.5) is 5.69 Å². The molecule has 1 aliphatic carbocycles. The van der Waals surface area contributed by atoms with Crippen LogP contribution in [0.2, 0.25) is 5.02 Å². The van der Waals surface area contributed by atoms with Gasteiger partial charge in [-0.15, -0.1) is 0 Å². The zero-order chi connectivity index (χ0) is 16.0. The summed E-state index contributed by atoms with van der Waals surface area (Å²) in [4.78, 5) is 3.62. The van der Waals surface area contributed by atoms with Gasteiger partial charge in [0.2, 0.25) is 0 Å². The van der Waals surface area contributed by atoms with Gasteiger partial charge in [0.15, 0.2) is 0 Å². The fraction of sp³-hybridized carbons (Fsp3) is 0.263. The van der Waals surface area contributed by atoms with Crippen molar-refractivity contribution in [3.63, 3.8) is 0 Å². The summed E-state index contributed by atoms with van der Waals surface area (Å²) >= 11 is 9.84. The lowest BCUT2D eigenvalue weighted by molar-refractivity contribution is 0.593. The van der Waals surface area contributed by atoms with Crippen LogP contribution in [0.5, 0.6) is 0 Å². The molecule has 0 spiro atoms. The summed E-state index contributed by atoms with van der Waals surface area (Å²) in [5, 5.41) is 5.80.